The number of carboxylic acid groups (broad SMARTS) is 2. The Labute approximate surface area is 201 Å². The van der Waals surface area contributed by atoms with Crippen molar-refractivity contribution in [3.05, 3.63) is 47.6 Å². The van der Waals surface area contributed by atoms with Crippen LogP contribution in [0.2, 0.25) is 0 Å². The summed E-state index contributed by atoms with van der Waals surface area (Å²) in [5.74, 6) is -2.22. The molecule has 1 aromatic carbocycles. The maximum Gasteiger partial charge on any atom is 0.326 e. The molecule has 0 aliphatic carbocycles. The molecule has 1 heterocycles. The summed E-state index contributed by atoms with van der Waals surface area (Å²) >= 11 is 0. The van der Waals surface area contributed by atoms with E-state index in [1.807, 2.05) is 0 Å². The van der Waals surface area contributed by atoms with Crippen LogP contribution in [-0.2, 0) is 16.0 Å². The van der Waals surface area contributed by atoms with E-state index < -0.39 is 36.1 Å². The molecule has 2 amide bonds. The van der Waals surface area contributed by atoms with Crippen molar-refractivity contribution >= 4 is 23.9 Å². The van der Waals surface area contributed by atoms with Gasteiger partial charge in [0.15, 0.2) is 11.8 Å². The lowest BCUT2D eigenvalue weighted by molar-refractivity contribution is -0.139. The standard InChI is InChI=1S/C21H28N8O6/c22-13(8-9-16(30)31)17-28-18(35-29-17)14(7-4-10-25-20(23)24)26-21(34)27-15(19(32)33)11-12-5-2-1-3-6-12/h2,5-6,13-15H,4,7-11,22H2,(H,30,31)(H,32,33)(H4,23,24,25)(H2,26,27,34)/t13-,14-,15-/m0/s1. The molecule has 2 rings (SSSR count). The SMILES string of the molecule is NC(N)=NCCC[C@H](NC(=O)N[C@@H](Cc1cc#ccc1)C(=O)O)c1nc([C@@H](N)CCC(=O)O)no1. The number of hydrogen-bond acceptors (Lipinski definition) is 8. The zero-order valence-corrected chi connectivity index (χ0v) is 18.8. The highest BCUT2D eigenvalue weighted by Gasteiger charge is 2.26. The minimum Gasteiger partial charge on any atom is -0.481 e. The van der Waals surface area contributed by atoms with Gasteiger partial charge in [0.05, 0.1) is 6.04 Å². The Morgan fingerprint density at radius 3 is 2.57 bits per heavy atom. The molecular formula is C21H28N8O6. The maximum absolute atomic E-state index is 12.6. The van der Waals surface area contributed by atoms with Crippen LogP contribution < -0.4 is 27.8 Å². The van der Waals surface area contributed by atoms with Gasteiger partial charge in [0, 0.05) is 19.4 Å². The molecule has 0 aliphatic rings. The zero-order valence-electron chi connectivity index (χ0n) is 18.8. The zero-order chi connectivity index (χ0) is 25.8. The Bertz CT molecular complexity index is 1010. The van der Waals surface area contributed by atoms with E-state index in [9.17, 15) is 19.5 Å². The predicted octanol–water partition coefficient (Wildman–Crippen LogP) is -0.376. The van der Waals surface area contributed by atoms with Crippen molar-refractivity contribution in [2.24, 2.45) is 22.2 Å². The van der Waals surface area contributed by atoms with Crippen LogP contribution in [0.15, 0.2) is 27.7 Å². The van der Waals surface area contributed by atoms with E-state index in [0.29, 0.717) is 12.0 Å². The van der Waals surface area contributed by atoms with Gasteiger partial charge < -0.3 is 42.6 Å². The van der Waals surface area contributed by atoms with Crippen molar-refractivity contribution in [2.45, 2.75) is 50.2 Å². The fourth-order valence-electron chi connectivity index (χ4n) is 3.01. The Balaban J connectivity index is 2.09. The average molecular weight is 489 g/mol. The lowest BCUT2D eigenvalue weighted by Crippen LogP contribution is -2.48. The Hall–Kier alpha value is -4.38. The number of hydrogen-bond donors (Lipinski definition) is 7. The van der Waals surface area contributed by atoms with Gasteiger partial charge in [-0.1, -0.05) is 17.3 Å². The number of guanidine groups is 1. The van der Waals surface area contributed by atoms with Crippen molar-refractivity contribution in [1.29, 1.82) is 0 Å². The molecule has 0 fully saturated rings. The molecule has 0 aliphatic heterocycles. The first kappa shape index (κ1) is 26.9. The Kier molecular flexibility index (Phi) is 10.3. The Morgan fingerprint density at radius 1 is 1.17 bits per heavy atom. The Morgan fingerprint density at radius 2 is 1.94 bits per heavy atom. The minimum atomic E-state index is -1.22. The van der Waals surface area contributed by atoms with Crippen LogP contribution in [0.5, 0.6) is 0 Å². The molecule has 0 bridgehead atoms. The molecule has 14 nitrogen and oxygen atoms in total. The highest BCUT2D eigenvalue weighted by molar-refractivity contribution is 5.83. The third-order valence-corrected chi connectivity index (χ3v) is 4.77. The molecule has 14 heteroatoms. The number of amides is 2. The largest absolute Gasteiger partial charge is 0.481 e. The first-order chi connectivity index (χ1) is 16.7. The van der Waals surface area contributed by atoms with Gasteiger partial charge >= 0.3 is 18.0 Å². The number of aliphatic carboxylic acids is 2. The molecule has 0 radical (unpaired) electrons. The first-order valence-electron chi connectivity index (χ1n) is 10.7. The van der Waals surface area contributed by atoms with Gasteiger partial charge in [0.1, 0.15) is 12.1 Å². The fraction of sp³-hybridized carbons (Fsp3) is 0.429. The van der Waals surface area contributed by atoms with Gasteiger partial charge in [-0.15, -0.1) is 0 Å². The van der Waals surface area contributed by atoms with Crippen molar-refractivity contribution in [3.63, 3.8) is 0 Å². The first-order valence-corrected chi connectivity index (χ1v) is 10.7. The van der Waals surface area contributed by atoms with Crippen LogP contribution in [0.3, 0.4) is 0 Å². The van der Waals surface area contributed by atoms with Crippen molar-refractivity contribution < 1.29 is 29.1 Å². The number of nitrogens with zero attached hydrogens (tertiary/aromatic N) is 3. The maximum atomic E-state index is 12.6. The molecule has 2 aromatic rings. The van der Waals surface area contributed by atoms with Crippen molar-refractivity contribution in [2.75, 3.05) is 6.54 Å². The summed E-state index contributed by atoms with van der Waals surface area (Å²) in [4.78, 5) is 43.1. The van der Waals surface area contributed by atoms with E-state index in [2.05, 4.69) is 37.9 Å². The fourth-order valence-corrected chi connectivity index (χ4v) is 3.01. The lowest BCUT2D eigenvalue weighted by atomic mass is 10.1. The monoisotopic (exact) mass is 488 g/mol. The summed E-state index contributed by atoms with van der Waals surface area (Å²) in [6.45, 7) is 0.264. The number of aliphatic imine (C=N–C) groups is 1. The molecule has 3 atom stereocenters. The van der Waals surface area contributed by atoms with E-state index in [0.717, 1.165) is 0 Å². The summed E-state index contributed by atoms with van der Waals surface area (Å²) < 4.78 is 5.24. The number of carbonyl (C=O) groups is 3. The van der Waals surface area contributed by atoms with Gasteiger partial charge in [0.2, 0.25) is 5.89 Å². The molecule has 0 saturated carbocycles. The lowest BCUT2D eigenvalue weighted by Gasteiger charge is -2.19. The summed E-state index contributed by atoms with van der Waals surface area (Å²) in [7, 11) is 0. The van der Waals surface area contributed by atoms with Gasteiger partial charge in [-0.25, -0.2) is 9.59 Å². The van der Waals surface area contributed by atoms with E-state index >= 15 is 0 Å². The quantitative estimate of drug-likeness (QED) is 0.103. The molecule has 10 N–H and O–H groups in total. The second-order valence-electron chi connectivity index (χ2n) is 7.59. The van der Waals surface area contributed by atoms with Crippen molar-refractivity contribution in [3.8, 4) is 0 Å². The number of nitrogens with two attached hydrogens (primary N) is 3. The smallest absolute Gasteiger partial charge is 0.326 e. The van der Waals surface area contributed by atoms with Crippen LogP contribution in [-0.4, -0.2) is 56.9 Å². The summed E-state index contributed by atoms with van der Waals surface area (Å²) in [6, 6.07) is 6.71. The number of carboxylic acids is 2. The summed E-state index contributed by atoms with van der Waals surface area (Å²) in [5.41, 5.74) is 17.2. The van der Waals surface area contributed by atoms with Crippen LogP contribution in [0.1, 0.15) is 55.0 Å². The normalized spacial score (nSPS) is 13.1. The van der Waals surface area contributed by atoms with Crippen LogP contribution in [0, 0.1) is 12.1 Å². The highest BCUT2D eigenvalue weighted by atomic mass is 16.5. The van der Waals surface area contributed by atoms with E-state index in [1.54, 1.807) is 18.2 Å². The topological polar surface area (TPSA) is 245 Å². The predicted molar refractivity (Wildman–Crippen MR) is 122 cm³/mol. The van der Waals surface area contributed by atoms with Crippen molar-refractivity contribution in [1.82, 2.24) is 20.8 Å². The van der Waals surface area contributed by atoms with Gasteiger partial charge in [0.25, 0.3) is 0 Å². The molecule has 0 unspecified atom stereocenters. The summed E-state index contributed by atoms with van der Waals surface area (Å²) in [6.07, 6.45) is 0.641. The minimum absolute atomic E-state index is 0.0192. The number of aromatic nitrogens is 2. The third kappa shape index (κ3) is 9.56. The molecular weight excluding hydrogens is 460 g/mol. The summed E-state index contributed by atoms with van der Waals surface area (Å²) in [5, 5.41) is 27.2. The number of urea groups is 1. The van der Waals surface area contributed by atoms with Gasteiger partial charge in [-0.3, -0.25) is 9.79 Å². The number of carbonyl (C=O) groups excluding carboxylic acids is 1. The molecule has 188 valence electrons. The van der Waals surface area contributed by atoms with Gasteiger partial charge in [-0.05, 0) is 43.0 Å². The van der Waals surface area contributed by atoms with E-state index in [-0.39, 0.29) is 49.9 Å². The van der Waals surface area contributed by atoms with Crippen LogP contribution >= 0.6 is 0 Å². The second kappa shape index (κ2) is 13.4. The third-order valence-electron chi connectivity index (χ3n) is 4.77. The number of rotatable bonds is 14. The van der Waals surface area contributed by atoms with Crippen LogP contribution in [0.25, 0.3) is 0 Å². The van der Waals surface area contributed by atoms with E-state index in [4.69, 9.17) is 26.8 Å². The van der Waals surface area contributed by atoms with Crippen LogP contribution in [0.4, 0.5) is 4.79 Å². The molecule has 35 heavy (non-hydrogen) atoms. The average Bonchev–Trinajstić information content (AvgIpc) is 3.30. The van der Waals surface area contributed by atoms with E-state index in [1.165, 1.54) is 0 Å². The molecule has 0 saturated heterocycles. The second-order valence-corrected chi connectivity index (χ2v) is 7.59. The number of nitrogens with one attached hydrogen (secondary N) is 2. The highest BCUT2D eigenvalue weighted by Crippen LogP contribution is 2.20. The molecule has 1 aromatic heterocycles. The van der Waals surface area contributed by atoms with Gasteiger partial charge in [-0.2, -0.15) is 4.98 Å². The molecule has 0 spiro atoms.